The highest BCUT2D eigenvalue weighted by Gasteiger charge is 2.09. The third kappa shape index (κ3) is 2.74. The molecule has 2 aromatic rings. The molecule has 3 nitrogen and oxygen atoms in total. The third-order valence-corrected chi connectivity index (χ3v) is 3.06. The predicted molar refractivity (Wildman–Crippen MR) is 72.3 cm³/mol. The number of benzene rings is 1. The van der Waals surface area contributed by atoms with Crippen LogP contribution in [-0.4, -0.2) is 12.8 Å². The molecule has 4 heteroatoms. The Kier molecular flexibility index (Phi) is 3.72. The molecule has 0 aliphatic carbocycles. The van der Waals surface area contributed by atoms with Gasteiger partial charge >= 0.3 is 0 Å². The molecule has 0 saturated heterocycles. The molecule has 1 aromatic carbocycles. The van der Waals surface area contributed by atoms with Crippen LogP contribution < -0.4 is 4.90 Å². The van der Waals surface area contributed by atoms with Crippen LogP contribution in [-0.2, 0) is 6.54 Å². The molecule has 0 aliphatic heterocycles. The average Bonchev–Trinajstić information content (AvgIpc) is 2.81. The van der Waals surface area contributed by atoms with Gasteiger partial charge in [0.15, 0.2) is 5.78 Å². The number of carbonyl (C=O) groups is 1. The molecule has 18 heavy (non-hydrogen) atoms. The van der Waals surface area contributed by atoms with E-state index in [4.69, 9.17) is 16.0 Å². The fourth-order valence-electron chi connectivity index (χ4n) is 1.75. The molecule has 94 valence electrons. The summed E-state index contributed by atoms with van der Waals surface area (Å²) in [6.45, 7) is 2.16. The van der Waals surface area contributed by atoms with Gasteiger partial charge in [-0.05, 0) is 37.3 Å². The molecule has 0 radical (unpaired) electrons. The van der Waals surface area contributed by atoms with Crippen molar-refractivity contribution in [2.45, 2.75) is 13.5 Å². The van der Waals surface area contributed by atoms with Crippen LogP contribution in [0.5, 0.6) is 0 Å². The minimum atomic E-state index is -0.0276. The van der Waals surface area contributed by atoms with Gasteiger partial charge < -0.3 is 9.32 Å². The van der Waals surface area contributed by atoms with Crippen LogP contribution in [0.3, 0.4) is 0 Å². The van der Waals surface area contributed by atoms with E-state index >= 15 is 0 Å². The van der Waals surface area contributed by atoms with Crippen LogP contribution in [0.25, 0.3) is 0 Å². The molecule has 0 bridgehead atoms. The van der Waals surface area contributed by atoms with Crippen molar-refractivity contribution in [3.05, 3.63) is 52.9 Å². The lowest BCUT2D eigenvalue weighted by atomic mass is 10.1. The van der Waals surface area contributed by atoms with Crippen LogP contribution in [0, 0.1) is 0 Å². The van der Waals surface area contributed by atoms with E-state index in [-0.39, 0.29) is 5.78 Å². The molecule has 0 aliphatic rings. The molecule has 0 amide bonds. The second-order valence-electron chi connectivity index (χ2n) is 4.16. The monoisotopic (exact) mass is 263 g/mol. The number of hydrogen-bond donors (Lipinski definition) is 0. The van der Waals surface area contributed by atoms with Crippen molar-refractivity contribution < 1.29 is 9.21 Å². The van der Waals surface area contributed by atoms with Gasteiger partial charge in [-0.15, -0.1) is 0 Å². The van der Waals surface area contributed by atoms with Crippen LogP contribution >= 0.6 is 11.6 Å². The molecule has 0 saturated carbocycles. The maximum Gasteiger partial charge on any atom is 0.161 e. The van der Waals surface area contributed by atoms with Gasteiger partial charge in [0.2, 0.25) is 0 Å². The van der Waals surface area contributed by atoms with Gasteiger partial charge in [0.1, 0.15) is 5.76 Å². The molecule has 0 fully saturated rings. The van der Waals surface area contributed by atoms with E-state index in [1.165, 1.54) is 6.92 Å². The summed E-state index contributed by atoms with van der Waals surface area (Å²) in [5.74, 6) is 0.851. The van der Waals surface area contributed by atoms with E-state index in [0.29, 0.717) is 17.1 Å². The van der Waals surface area contributed by atoms with Crippen molar-refractivity contribution in [3.8, 4) is 0 Å². The first-order chi connectivity index (χ1) is 8.58. The first-order valence-corrected chi connectivity index (χ1v) is 5.99. The van der Waals surface area contributed by atoms with Gasteiger partial charge in [-0.2, -0.15) is 0 Å². The Morgan fingerprint density at radius 1 is 1.39 bits per heavy atom. The zero-order chi connectivity index (χ0) is 13.1. The van der Waals surface area contributed by atoms with Crippen molar-refractivity contribution >= 4 is 23.1 Å². The molecule has 0 spiro atoms. The number of carbonyl (C=O) groups excluding carboxylic acids is 1. The van der Waals surface area contributed by atoms with E-state index in [0.717, 1.165) is 11.4 Å². The van der Waals surface area contributed by atoms with Gasteiger partial charge in [0.05, 0.1) is 17.8 Å². The van der Waals surface area contributed by atoms with Crippen LogP contribution in [0.4, 0.5) is 5.69 Å². The molecule has 0 atom stereocenters. The fraction of sp³-hybridized carbons (Fsp3) is 0.214. The van der Waals surface area contributed by atoms with E-state index < -0.39 is 0 Å². The van der Waals surface area contributed by atoms with Gasteiger partial charge in [-0.1, -0.05) is 11.6 Å². The summed E-state index contributed by atoms with van der Waals surface area (Å²) in [5, 5.41) is 0.478. The third-order valence-electron chi connectivity index (χ3n) is 2.75. The van der Waals surface area contributed by atoms with E-state index in [1.807, 2.05) is 30.1 Å². The number of rotatable bonds is 4. The number of hydrogen-bond acceptors (Lipinski definition) is 3. The summed E-state index contributed by atoms with van der Waals surface area (Å²) in [6.07, 6.45) is 1.65. The van der Waals surface area contributed by atoms with Gasteiger partial charge in [-0.3, -0.25) is 4.79 Å². The number of Topliss-reactive ketones (excluding diaryl/α,β-unsaturated/α-hetero) is 1. The maximum atomic E-state index is 11.3. The topological polar surface area (TPSA) is 33.5 Å². The summed E-state index contributed by atoms with van der Waals surface area (Å²) in [7, 11) is 1.95. The van der Waals surface area contributed by atoms with Gasteiger partial charge in [0, 0.05) is 18.3 Å². The lowest BCUT2D eigenvalue weighted by Crippen LogP contribution is -2.16. The Labute approximate surface area is 111 Å². The minimum Gasteiger partial charge on any atom is -0.467 e. The lowest BCUT2D eigenvalue weighted by molar-refractivity contribution is 0.101. The Hall–Kier alpha value is -1.74. The molecule has 0 unspecified atom stereocenters. The molecule has 2 rings (SSSR count). The number of halogens is 1. The summed E-state index contributed by atoms with van der Waals surface area (Å²) in [6, 6.07) is 9.20. The quantitative estimate of drug-likeness (QED) is 0.788. The highest BCUT2D eigenvalue weighted by molar-refractivity contribution is 6.34. The highest BCUT2D eigenvalue weighted by Crippen LogP contribution is 2.24. The van der Waals surface area contributed by atoms with E-state index in [2.05, 4.69) is 0 Å². The SMILES string of the molecule is CC(=O)c1ccc(N(C)Cc2ccco2)cc1Cl. The molecule has 1 aromatic heterocycles. The zero-order valence-corrected chi connectivity index (χ0v) is 11.1. The van der Waals surface area contributed by atoms with Crippen LogP contribution in [0.1, 0.15) is 23.0 Å². The Balaban J connectivity index is 2.18. The zero-order valence-electron chi connectivity index (χ0n) is 10.3. The van der Waals surface area contributed by atoms with Crippen molar-refractivity contribution in [1.29, 1.82) is 0 Å². The number of furan rings is 1. The lowest BCUT2D eigenvalue weighted by Gasteiger charge is -2.18. The van der Waals surface area contributed by atoms with Crippen molar-refractivity contribution in [2.24, 2.45) is 0 Å². The smallest absolute Gasteiger partial charge is 0.161 e. The summed E-state index contributed by atoms with van der Waals surface area (Å²) < 4.78 is 5.29. The van der Waals surface area contributed by atoms with Crippen molar-refractivity contribution in [2.75, 3.05) is 11.9 Å². The van der Waals surface area contributed by atoms with Gasteiger partial charge in [0.25, 0.3) is 0 Å². The average molecular weight is 264 g/mol. The molecular formula is C14H14ClNO2. The standard InChI is InChI=1S/C14H14ClNO2/c1-10(17)13-6-5-11(8-14(13)15)16(2)9-12-4-3-7-18-12/h3-8H,9H2,1-2H3. The first-order valence-electron chi connectivity index (χ1n) is 5.62. The van der Waals surface area contributed by atoms with Gasteiger partial charge in [-0.25, -0.2) is 0 Å². The Morgan fingerprint density at radius 2 is 2.17 bits per heavy atom. The van der Waals surface area contributed by atoms with Crippen molar-refractivity contribution in [1.82, 2.24) is 0 Å². The summed E-state index contributed by atoms with van der Waals surface area (Å²) in [5.41, 5.74) is 1.49. The number of anilines is 1. The molecule has 1 heterocycles. The minimum absolute atomic E-state index is 0.0276. The second kappa shape index (κ2) is 5.27. The number of ketones is 1. The second-order valence-corrected chi connectivity index (χ2v) is 4.56. The Bertz CT molecular complexity index is 549. The summed E-state index contributed by atoms with van der Waals surface area (Å²) >= 11 is 6.08. The number of nitrogens with zero attached hydrogens (tertiary/aromatic N) is 1. The summed E-state index contributed by atoms with van der Waals surface area (Å²) in [4.78, 5) is 13.3. The predicted octanol–water partition coefficient (Wildman–Crippen LogP) is 3.77. The maximum absolute atomic E-state index is 11.3. The fourth-order valence-corrected chi connectivity index (χ4v) is 2.06. The first kappa shape index (κ1) is 12.7. The van der Waals surface area contributed by atoms with Crippen molar-refractivity contribution in [3.63, 3.8) is 0 Å². The van der Waals surface area contributed by atoms with E-state index in [1.54, 1.807) is 18.4 Å². The molecular weight excluding hydrogens is 250 g/mol. The highest BCUT2D eigenvalue weighted by atomic mass is 35.5. The van der Waals surface area contributed by atoms with Crippen LogP contribution in [0.2, 0.25) is 5.02 Å². The normalized spacial score (nSPS) is 10.4. The Morgan fingerprint density at radius 3 is 2.72 bits per heavy atom. The largest absolute Gasteiger partial charge is 0.467 e. The van der Waals surface area contributed by atoms with Crippen LogP contribution in [0.15, 0.2) is 41.0 Å². The molecule has 0 N–H and O–H groups in total. The van der Waals surface area contributed by atoms with E-state index in [9.17, 15) is 4.79 Å².